The first-order chi connectivity index (χ1) is 7.65. The van der Waals surface area contributed by atoms with Crippen molar-refractivity contribution in [1.82, 2.24) is 0 Å². The molecule has 3 nitrogen and oxygen atoms in total. The molecule has 0 amide bonds. The van der Waals surface area contributed by atoms with Crippen LogP contribution in [0.5, 0.6) is 11.5 Å². The molecule has 0 unspecified atom stereocenters. The Hall–Kier alpha value is -1.77. The second-order valence-electron chi connectivity index (χ2n) is 3.71. The fourth-order valence-electron chi connectivity index (χ4n) is 1.92. The lowest BCUT2D eigenvalue weighted by Gasteiger charge is -2.06. The Morgan fingerprint density at radius 2 is 1.75 bits per heavy atom. The lowest BCUT2D eigenvalue weighted by molar-refractivity contribution is 0.396. The zero-order chi connectivity index (χ0) is 11.7. The van der Waals surface area contributed by atoms with Gasteiger partial charge in [-0.05, 0) is 6.07 Å². The maximum absolute atomic E-state index is 5.59. The van der Waals surface area contributed by atoms with Crippen molar-refractivity contribution >= 4 is 10.8 Å². The van der Waals surface area contributed by atoms with E-state index in [9.17, 15) is 0 Å². The molecule has 84 valence electrons. The molecule has 0 aliphatic rings. The lowest BCUT2D eigenvalue weighted by Crippen LogP contribution is -1.91. The van der Waals surface area contributed by atoms with Crippen LogP contribution in [0.15, 0.2) is 22.6 Å². The first-order valence-corrected chi connectivity index (χ1v) is 5.12. The molecule has 0 atom stereocenters. The van der Waals surface area contributed by atoms with Crippen LogP contribution in [0.2, 0.25) is 0 Å². The SMILES string of the molecule is COc1cc(OC)c2c(C)[o+]c(C)cc2c1. The molecule has 0 aliphatic heterocycles. The minimum atomic E-state index is 0.774. The number of methoxy groups -OCH3 is 2. The van der Waals surface area contributed by atoms with Crippen LogP contribution in [0.3, 0.4) is 0 Å². The third kappa shape index (κ3) is 1.69. The van der Waals surface area contributed by atoms with Gasteiger partial charge in [-0.25, -0.2) is 4.42 Å². The van der Waals surface area contributed by atoms with E-state index < -0.39 is 0 Å². The molecule has 0 N–H and O–H groups in total. The molecule has 1 aromatic carbocycles. The Kier molecular flexibility index (Phi) is 2.69. The van der Waals surface area contributed by atoms with Gasteiger partial charge in [0.25, 0.3) is 0 Å². The molecule has 0 saturated heterocycles. The van der Waals surface area contributed by atoms with Crippen LogP contribution in [0.25, 0.3) is 10.8 Å². The smallest absolute Gasteiger partial charge is 0.337 e. The summed E-state index contributed by atoms with van der Waals surface area (Å²) >= 11 is 0. The van der Waals surface area contributed by atoms with E-state index in [0.717, 1.165) is 33.8 Å². The number of benzene rings is 1. The first-order valence-electron chi connectivity index (χ1n) is 5.12. The van der Waals surface area contributed by atoms with Crippen molar-refractivity contribution in [2.24, 2.45) is 0 Å². The molecular formula is C13H15O3+. The van der Waals surface area contributed by atoms with Gasteiger partial charge >= 0.3 is 11.5 Å². The normalized spacial score (nSPS) is 10.5. The Bertz CT molecular complexity index is 532. The lowest BCUT2D eigenvalue weighted by atomic mass is 10.1. The molecule has 2 rings (SSSR count). The molecule has 16 heavy (non-hydrogen) atoms. The fourth-order valence-corrected chi connectivity index (χ4v) is 1.92. The van der Waals surface area contributed by atoms with E-state index in [1.165, 1.54) is 0 Å². The van der Waals surface area contributed by atoms with Crippen molar-refractivity contribution in [2.75, 3.05) is 14.2 Å². The monoisotopic (exact) mass is 219 g/mol. The van der Waals surface area contributed by atoms with Gasteiger partial charge in [-0.15, -0.1) is 0 Å². The van der Waals surface area contributed by atoms with Gasteiger partial charge in [0.1, 0.15) is 16.9 Å². The van der Waals surface area contributed by atoms with E-state index in [-0.39, 0.29) is 0 Å². The first kappa shape index (κ1) is 10.7. The predicted octanol–water partition coefficient (Wildman–Crippen LogP) is 3.35. The van der Waals surface area contributed by atoms with Crippen molar-refractivity contribution in [3.05, 3.63) is 29.7 Å². The molecule has 0 fully saturated rings. The zero-order valence-corrected chi connectivity index (χ0v) is 9.96. The van der Waals surface area contributed by atoms with E-state index in [1.807, 2.05) is 32.0 Å². The Balaban J connectivity index is 2.83. The maximum Gasteiger partial charge on any atom is 0.337 e. The summed E-state index contributed by atoms with van der Waals surface area (Å²) in [5.41, 5.74) is 0. The molecule has 0 bridgehead atoms. The minimum Gasteiger partial charge on any atom is -0.497 e. The Morgan fingerprint density at radius 1 is 1.00 bits per heavy atom. The van der Waals surface area contributed by atoms with Crippen molar-refractivity contribution < 1.29 is 13.9 Å². The standard InChI is InChI=1S/C13H15O3/c1-8-5-10-6-11(14-3)7-12(15-4)13(10)9(2)16-8/h5-7H,1-4H3/q+1. The number of hydrogen-bond acceptors (Lipinski definition) is 2. The number of ether oxygens (including phenoxy) is 2. The van der Waals surface area contributed by atoms with Crippen LogP contribution >= 0.6 is 0 Å². The molecule has 1 aromatic heterocycles. The number of aryl methyl sites for hydroxylation is 2. The summed E-state index contributed by atoms with van der Waals surface area (Å²) in [6, 6.07) is 5.82. The summed E-state index contributed by atoms with van der Waals surface area (Å²) in [7, 11) is 3.29. The average Bonchev–Trinajstić information content (AvgIpc) is 2.26. The van der Waals surface area contributed by atoms with Crippen molar-refractivity contribution in [3.63, 3.8) is 0 Å². The van der Waals surface area contributed by atoms with Crippen LogP contribution in [-0.4, -0.2) is 14.2 Å². The summed E-state index contributed by atoms with van der Waals surface area (Å²) in [6.45, 7) is 3.86. The van der Waals surface area contributed by atoms with E-state index in [4.69, 9.17) is 13.9 Å². The molecular weight excluding hydrogens is 204 g/mol. The van der Waals surface area contributed by atoms with Crippen LogP contribution in [0.4, 0.5) is 0 Å². The molecule has 0 spiro atoms. The number of hydrogen-bond donors (Lipinski definition) is 0. The fraction of sp³-hybridized carbons (Fsp3) is 0.308. The van der Waals surface area contributed by atoms with Gasteiger partial charge in [0.2, 0.25) is 0 Å². The summed E-state index contributed by atoms with van der Waals surface area (Å²) < 4.78 is 16.2. The second kappa shape index (κ2) is 4.00. The maximum atomic E-state index is 5.59. The van der Waals surface area contributed by atoms with Crippen molar-refractivity contribution in [3.8, 4) is 11.5 Å². The highest BCUT2D eigenvalue weighted by Gasteiger charge is 2.17. The van der Waals surface area contributed by atoms with Crippen molar-refractivity contribution in [1.29, 1.82) is 0 Å². The second-order valence-corrected chi connectivity index (χ2v) is 3.71. The van der Waals surface area contributed by atoms with Gasteiger partial charge in [-0.1, -0.05) is 0 Å². The van der Waals surface area contributed by atoms with Crippen LogP contribution in [0.1, 0.15) is 11.5 Å². The largest absolute Gasteiger partial charge is 0.497 e. The van der Waals surface area contributed by atoms with Gasteiger partial charge < -0.3 is 9.47 Å². The minimum absolute atomic E-state index is 0.774. The van der Waals surface area contributed by atoms with Crippen molar-refractivity contribution in [2.45, 2.75) is 13.8 Å². The Morgan fingerprint density at radius 3 is 2.38 bits per heavy atom. The highest BCUT2D eigenvalue weighted by atomic mass is 16.5. The summed E-state index contributed by atoms with van der Waals surface area (Å²) in [5.74, 6) is 3.29. The predicted molar refractivity (Wildman–Crippen MR) is 63.2 cm³/mol. The van der Waals surface area contributed by atoms with E-state index >= 15 is 0 Å². The average molecular weight is 219 g/mol. The van der Waals surface area contributed by atoms with Crippen LogP contribution in [0, 0.1) is 13.8 Å². The topological polar surface area (TPSA) is 29.8 Å². The summed E-state index contributed by atoms with van der Waals surface area (Å²) in [6.07, 6.45) is 0. The van der Waals surface area contributed by atoms with Gasteiger partial charge in [0, 0.05) is 17.5 Å². The highest BCUT2D eigenvalue weighted by molar-refractivity contribution is 5.91. The quantitative estimate of drug-likeness (QED) is 0.725. The third-order valence-electron chi connectivity index (χ3n) is 2.59. The van der Waals surface area contributed by atoms with Gasteiger partial charge in [0.15, 0.2) is 0 Å². The molecule has 0 saturated carbocycles. The summed E-state index contributed by atoms with van der Waals surface area (Å²) in [4.78, 5) is 0. The molecule has 0 radical (unpaired) electrons. The third-order valence-corrected chi connectivity index (χ3v) is 2.59. The van der Waals surface area contributed by atoms with Gasteiger partial charge in [-0.2, -0.15) is 0 Å². The van der Waals surface area contributed by atoms with E-state index in [2.05, 4.69) is 0 Å². The molecule has 1 heterocycles. The van der Waals surface area contributed by atoms with Gasteiger partial charge in [-0.3, -0.25) is 0 Å². The number of rotatable bonds is 2. The summed E-state index contributed by atoms with van der Waals surface area (Å²) in [5, 5.41) is 2.06. The Labute approximate surface area is 94.6 Å². The molecule has 3 heteroatoms. The van der Waals surface area contributed by atoms with E-state index in [1.54, 1.807) is 14.2 Å². The molecule has 0 aliphatic carbocycles. The van der Waals surface area contributed by atoms with Crippen LogP contribution < -0.4 is 9.47 Å². The molecule has 2 aromatic rings. The van der Waals surface area contributed by atoms with E-state index in [0.29, 0.717) is 0 Å². The number of fused-ring (bicyclic) bond motifs is 1. The zero-order valence-electron chi connectivity index (χ0n) is 9.96. The highest BCUT2D eigenvalue weighted by Crippen LogP contribution is 2.33. The van der Waals surface area contributed by atoms with Crippen LogP contribution in [-0.2, 0) is 0 Å². The van der Waals surface area contributed by atoms with Gasteiger partial charge in [0.05, 0.1) is 28.1 Å².